The predicted octanol–water partition coefficient (Wildman–Crippen LogP) is 8.08. The van der Waals surface area contributed by atoms with E-state index >= 15 is 0 Å². The molecule has 3 aromatic carbocycles. The van der Waals surface area contributed by atoms with Crippen LogP contribution in [0.1, 0.15) is 102 Å². The molecule has 3 aliphatic rings. The van der Waals surface area contributed by atoms with E-state index in [1.807, 2.05) is 36.0 Å². The largest absolute Gasteiger partial charge is 0.453 e. The van der Waals surface area contributed by atoms with Crippen molar-refractivity contribution in [3.8, 4) is 33.6 Å². The van der Waals surface area contributed by atoms with Gasteiger partial charge in [-0.15, -0.1) is 0 Å². The van der Waals surface area contributed by atoms with Crippen molar-refractivity contribution in [3.05, 3.63) is 84.7 Å². The van der Waals surface area contributed by atoms with E-state index in [-0.39, 0.29) is 41.6 Å². The minimum absolute atomic E-state index is 0.0119. The van der Waals surface area contributed by atoms with Gasteiger partial charge in [0.05, 0.1) is 43.0 Å². The second-order valence-electron chi connectivity index (χ2n) is 17.0. The van der Waals surface area contributed by atoms with Crippen LogP contribution in [-0.4, -0.2) is 85.8 Å². The number of rotatable bonds is 11. The van der Waals surface area contributed by atoms with Crippen LogP contribution in [0.5, 0.6) is 0 Å². The maximum absolute atomic E-state index is 14.0. The normalized spacial score (nSPS) is 19.4. The van der Waals surface area contributed by atoms with E-state index in [1.54, 1.807) is 0 Å². The summed E-state index contributed by atoms with van der Waals surface area (Å²) in [4.78, 5) is 71.9. The number of aromatic nitrogens is 4. The number of nitrogens with zero attached hydrogens (tertiary/aromatic N) is 4. The number of H-pyrrole nitrogens is 2. The van der Waals surface area contributed by atoms with Gasteiger partial charge in [-0.25, -0.2) is 14.8 Å². The molecule has 1 saturated carbocycles. The zero-order valence-corrected chi connectivity index (χ0v) is 35.0. The Morgan fingerprint density at radius 1 is 0.667 bits per heavy atom. The van der Waals surface area contributed by atoms with Gasteiger partial charge in [0, 0.05) is 25.6 Å². The highest BCUT2D eigenvalue weighted by molar-refractivity contribution is 5.91. The molecule has 4 amide bonds. The van der Waals surface area contributed by atoms with Gasteiger partial charge < -0.3 is 35.1 Å². The highest BCUT2D eigenvalue weighted by Crippen LogP contribution is 2.37. The van der Waals surface area contributed by atoms with Gasteiger partial charge in [-0.05, 0) is 90.0 Å². The molecule has 8 rings (SSSR count). The van der Waals surface area contributed by atoms with Crippen molar-refractivity contribution in [2.45, 2.75) is 103 Å². The molecule has 4 atom stereocenters. The van der Waals surface area contributed by atoms with Gasteiger partial charge in [0.2, 0.25) is 17.7 Å². The number of carbonyl (C=O) groups is 4. The summed E-state index contributed by atoms with van der Waals surface area (Å²) in [7, 11) is 1.30. The summed E-state index contributed by atoms with van der Waals surface area (Å²) in [6.45, 7) is 6.58. The lowest BCUT2D eigenvalue weighted by Gasteiger charge is -2.34. The van der Waals surface area contributed by atoms with Crippen molar-refractivity contribution >= 4 is 34.6 Å². The van der Waals surface area contributed by atoms with Gasteiger partial charge in [-0.3, -0.25) is 14.4 Å². The molecule has 4 heterocycles. The number of ether oxygens (including phenoxy) is 1. The van der Waals surface area contributed by atoms with E-state index in [4.69, 9.17) is 14.7 Å². The number of benzene rings is 3. The molecular weight excluding hydrogens is 757 g/mol. The fourth-order valence-electron chi connectivity index (χ4n) is 9.49. The smallest absolute Gasteiger partial charge is 0.407 e. The minimum Gasteiger partial charge on any atom is -0.453 e. The van der Waals surface area contributed by atoms with Crippen LogP contribution in [0.25, 0.3) is 44.4 Å². The molecule has 0 radical (unpaired) electrons. The molecule has 4 N–H and O–H groups in total. The molecule has 13 nitrogen and oxygen atoms in total. The Morgan fingerprint density at radius 2 is 1.20 bits per heavy atom. The lowest BCUT2D eigenvalue weighted by atomic mass is 9.83. The molecule has 1 aliphatic carbocycles. The number of imidazole rings is 2. The summed E-state index contributed by atoms with van der Waals surface area (Å²) >= 11 is 0. The Balaban J connectivity index is 0.935. The van der Waals surface area contributed by atoms with Gasteiger partial charge in [0.1, 0.15) is 23.7 Å². The molecule has 5 aromatic rings. The number of amides is 4. The molecule has 0 spiro atoms. The first-order chi connectivity index (χ1) is 29.1. The fourth-order valence-corrected chi connectivity index (χ4v) is 9.49. The Morgan fingerprint density at radius 3 is 1.78 bits per heavy atom. The van der Waals surface area contributed by atoms with Crippen molar-refractivity contribution in [3.63, 3.8) is 0 Å². The maximum Gasteiger partial charge on any atom is 0.407 e. The van der Waals surface area contributed by atoms with Crippen LogP contribution in [0.3, 0.4) is 0 Å². The van der Waals surface area contributed by atoms with E-state index in [0.29, 0.717) is 13.1 Å². The van der Waals surface area contributed by atoms with E-state index in [1.165, 1.54) is 20.5 Å². The van der Waals surface area contributed by atoms with Crippen LogP contribution in [0, 0.1) is 11.8 Å². The third-order valence-corrected chi connectivity index (χ3v) is 12.7. The van der Waals surface area contributed by atoms with E-state index in [0.717, 1.165) is 107 Å². The molecule has 13 heteroatoms. The number of hydrogen-bond acceptors (Lipinski definition) is 7. The standard InChI is InChI=1S/C47H56N8O5/c1-28(2)41(53-47(59)60-4)45(57)54-22-8-12-39(54)44-49-27-38(52-44)36-21-20-34-24-33(18-19-35(34)25-36)30-14-16-31(17-15-30)37-26-48-43(51-37)40-13-9-23-55(40)46(58)42(50-29(3)56)32-10-6-5-7-11-32/h14-21,24-28,32,39-42H,5-13,22-23H2,1-4H3,(H,48,51)(H,49,52)(H,50,56)(H,53,59)/t39-,40-,41-,42+/m0/s1. The van der Waals surface area contributed by atoms with E-state index in [2.05, 4.69) is 81.3 Å². The van der Waals surface area contributed by atoms with Gasteiger partial charge in [0.15, 0.2) is 0 Å². The van der Waals surface area contributed by atoms with Crippen LogP contribution in [0.15, 0.2) is 73.1 Å². The third-order valence-electron chi connectivity index (χ3n) is 12.7. The molecule has 0 bridgehead atoms. The first-order valence-corrected chi connectivity index (χ1v) is 21.5. The highest BCUT2D eigenvalue weighted by Gasteiger charge is 2.40. The Labute approximate surface area is 351 Å². The summed E-state index contributed by atoms with van der Waals surface area (Å²) in [6, 6.07) is 19.8. The Bertz CT molecular complexity index is 2340. The zero-order valence-electron chi connectivity index (χ0n) is 35.0. The van der Waals surface area contributed by atoms with Gasteiger partial charge in [-0.2, -0.15) is 0 Å². The third kappa shape index (κ3) is 8.53. The second-order valence-corrected chi connectivity index (χ2v) is 17.0. The molecule has 2 aromatic heterocycles. The van der Waals surface area contributed by atoms with Crippen LogP contribution in [0.2, 0.25) is 0 Å². The molecular formula is C47H56N8O5. The Hall–Kier alpha value is -5.98. The molecule has 2 saturated heterocycles. The van der Waals surface area contributed by atoms with Crippen molar-refractivity contribution in [1.29, 1.82) is 0 Å². The summed E-state index contributed by atoms with van der Waals surface area (Å²) in [5.41, 5.74) is 5.99. The first-order valence-electron chi connectivity index (χ1n) is 21.5. The van der Waals surface area contributed by atoms with Gasteiger partial charge in [0.25, 0.3) is 0 Å². The number of nitrogens with one attached hydrogen (secondary N) is 4. The SMILES string of the molecule is COC(=O)N[C@H](C(=O)N1CCC[C@H]1c1ncc(-c2ccc3cc(-c4ccc(-c5cnc([C@@H]6CCCN6C(=O)[C@H](NC(C)=O)C6CCCCC6)[nH]5)cc4)ccc3c2)[nH]1)C(C)C. The van der Waals surface area contributed by atoms with Crippen LogP contribution >= 0.6 is 0 Å². The number of methoxy groups -OCH3 is 1. The van der Waals surface area contributed by atoms with Crippen LogP contribution < -0.4 is 10.6 Å². The lowest BCUT2D eigenvalue weighted by Crippen LogP contribution is -2.52. The lowest BCUT2D eigenvalue weighted by molar-refractivity contribution is -0.139. The molecule has 60 heavy (non-hydrogen) atoms. The number of alkyl carbamates (subject to hydrolysis) is 1. The van der Waals surface area contributed by atoms with Crippen LogP contribution in [0.4, 0.5) is 4.79 Å². The molecule has 3 fully saturated rings. The highest BCUT2D eigenvalue weighted by atomic mass is 16.5. The number of fused-ring (bicyclic) bond motifs is 1. The predicted molar refractivity (Wildman–Crippen MR) is 230 cm³/mol. The van der Waals surface area contributed by atoms with E-state index < -0.39 is 18.2 Å². The first kappa shape index (κ1) is 40.8. The van der Waals surface area contributed by atoms with Crippen molar-refractivity contribution in [1.82, 2.24) is 40.4 Å². The average Bonchev–Trinajstić information content (AvgIpc) is 4.11. The summed E-state index contributed by atoms with van der Waals surface area (Å²) < 4.78 is 4.77. The minimum atomic E-state index is -0.684. The van der Waals surface area contributed by atoms with Crippen LogP contribution in [-0.2, 0) is 19.1 Å². The van der Waals surface area contributed by atoms with Gasteiger partial charge in [-0.1, -0.05) is 81.6 Å². The van der Waals surface area contributed by atoms with Crippen molar-refractivity contribution in [2.75, 3.05) is 20.2 Å². The molecule has 314 valence electrons. The summed E-state index contributed by atoms with van der Waals surface area (Å²) in [5.74, 6) is 1.31. The zero-order chi connectivity index (χ0) is 41.9. The molecule has 0 unspecified atom stereocenters. The fraction of sp³-hybridized carbons (Fsp3) is 0.447. The number of likely N-dealkylation sites (tertiary alicyclic amines) is 2. The number of carbonyl (C=O) groups excluding carboxylic acids is 4. The van der Waals surface area contributed by atoms with Crippen molar-refractivity contribution in [2.24, 2.45) is 11.8 Å². The monoisotopic (exact) mass is 812 g/mol. The average molecular weight is 813 g/mol. The number of aromatic amines is 2. The topological polar surface area (TPSA) is 165 Å². The Kier molecular flexibility index (Phi) is 12.0. The quantitative estimate of drug-likeness (QED) is 0.105. The van der Waals surface area contributed by atoms with Crippen molar-refractivity contribution < 1.29 is 23.9 Å². The van der Waals surface area contributed by atoms with Gasteiger partial charge >= 0.3 is 6.09 Å². The van der Waals surface area contributed by atoms with E-state index in [9.17, 15) is 19.2 Å². The number of hydrogen-bond donors (Lipinski definition) is 4. The summed E-state index contributed by atoms with van der Waals surface area (Å²) in [5, 5.41) is 7.93. The molecule has 2 aliphatic heterocycles. The maximum atomic E-state index is 14.0. The second kappa shape index (κ2) is 17.7. The summed E-state index contributed by atoms with van der Waals surface area (Å²) in [6.07, 6.45) is 11.8.